The van der Waals surface area contributed by atoms with Crippen LogP contribution in [0.4, 0.5) is 0 Å². The van der Waals surface area contributed by atoms with Gasteiger partial charge in [0, 0.05) is 18.0 Å². The van der Waals surface area contributed by atoms with Gasteiger partial charge in [-0.3, -0.25) is 4.79 Å². The average molecular weight is 387 g/mol. The third-order valence-electron chi connectivity index (χ3n) is 4.65. The SMILES string of the molecule is CC(Oc1cccc2ccccc12)C(=O)N(C)Cc1nc(-c2ccccc2)no1. The Morgan fingerprint density at radius 2 is 1.76 bits per heavy atom. The lowest BCUT2D eigenvalue weighted by atomic mass is 10.1. The first-order chi connectivity index (χ1) is 14.1. The van der Waals surface area contributed by atoms with E-state index >= 15 is 0 Å². The second-order valence-electron chi connectivity index (χ2n) is 6.81. The average Bonchev–Trinajstić information content (AvgIpc) is 3.22. The van der Waals surface area contributed by atoms with Crippen LogP contribution in [0.25, 0.3) is 22.2 Å². The van der Waals surface area contributed by atoms with Crippen molar-refractivity contribution >= 4 is 16.7 Å². The molecule has 0 saturated carbocycles. The van der Waals surface area contributed by atoms with Gasteiger partial charge in [0.15, 0.2) is 6.10 Å². The number of aromatic nitrogens is 2. The molecule has 1 unspecified atom stereocenters. The second-order valence-corrected chi connectivity index (χ2v) is 6.81. The number of benzene rings is 3. The van der Waals surface area contributed by atoms with E-state index in [1.807, 2.05) is 72.8 Å². The Hall–Kier alpha value is -3.67. The molecule has 0 aliphatic heterocycles. The van der Waals surface area contributed by atoms with E-state index in [1.54, 1.807) is 14.0 Å². The Morgan fingerprint density at radius 3 is 2.59 bits per heavy atom. The number of nitrogens with zero attached hydrogens (tertiary/aromatic N) is 3. The van der Waals surface area contributed by atoms with Crippen LogP contribution in [0.3, 0.4) is 0 Å². The number of likely N-dealkylation sites (N-methyl/N-ethyl adjacent to an activating group) is 1. The van der Waals surface area contributed by atoms with Gasteiger partial charge in [-0.2, -0.15) is 4.98 Å². The summed E-state index contributed by atoms with van der Waals surface area (Å²) >= 11 is 0. The van der Waals surface area contributed by atoms with Crippen LogP contribution in [-0.2, 0) is 11.3 Å². The Morgan fingerprint density at radius 1 is 1.03 bits per heavy atom. The van der Waals surface area contributed by atoms with E-state index in [2.05, 4.69) is 10.1 Å². The molecule has 1 amide bonds. The third-order valence-corrected chi connectivity index (χ3v) is 4.65. The van der Waals surface area contributed by atoms with Crippen LogP contribution in [-0.4, -0.2) is 34.1 Å². The first kappa shape index (κ1) is 18.7. The van der Waals surface area contributed by atoms with Crippen molar-refractivity contribution in [3.63, 3.8) is 0 Å². The topological polar surface area (TPSA) is 68.5 Å². The summed E-state index contributed by atoms with van der Waals surface area (Å²) < 4.78 is 11.3. The van der Waals surface area contributed by atoms with Crippen LogP contribution < -0.4 is 4.74 Å². The molecule has 0 spiro atoms. The Kier molecular flexibility index (Phi) is 5.24. The highest BCUT2D eigenvalue weighted by Gasteiger charge is 2.22. The van der Waals surface area contributed by atoms with Crippen LogP contribution in [0.15, 0.2) is 77.3 Å². The number of carbonyl (C=O) groups is 1. The molecule has 1 aromatic heterocycles. The number of ether oxygens (including phenoxy) is 1. The number of carbonyl (C=O) groups excluding carboxylic acids is 1. The zero-order chi connectivity index (χ0) is 20.2. The van der Waals surface area contributed by atoms with Crippen molar-refractivity contribution in [3.05, 3.63) is 78.7 Å². The largest absolute Gasteiger partial charge is 0.480 e. The number of fused-ring (bicyclic) bond motifs is 1. The van der Waals surface area contributed by atoms with Gasteiger partial charge >= 0.3 is 0 Å². The molecule has 0 fully saturated rings. The lowest BCUT2D eigenvalue weighted by Gasteiger charge is -2.21. The van der Waals surface area contributed by atoms with Gasteiger partial charge in [0.1, 0.15) is 5.75 Å². The summed E-state index contributed by atoms with van der Waals surface area (Å²) in [7, 11) is 1.69. The fraction of sp³-hybridized carbons (Fsp3) is 0.174. The number of hydrogen-bond donors (Lipinski definition) is 0. The summed E-state index contributed by atoms with van der Waals surface area (Å²) in [5, 5.41) is 6.03. The van der Waals surface area contributed by atoms with Gasteiger partial charge in [0.25, 0.3) is 5.91 Å². The van der Waals surface area contributed by atoms with Crippen molar-refractivity contribution in [1.29, 1.82) is 0 Å². The fourth-order valence-corrected chi connectivity index (χ4v) is 3.15. The van der Waals surface area contributed by atoms with E-state index in [0.717, 1.165) is 16.3 Å². The summed E-state index contributed by atoms with van der Waals surface area (Å²) in [6.45, 7) is 1.95. The van der Waals surface area contributed by atoms with Gasteiger partial charge in [-0.25, -0.2) is 0 Å². The molecular weight excluding hydrogens is 366 g/mol. The maximum absolute atomic E-state index is 12.8. The standard InChI is InChI=1S/C23H21N3O3/c1-16(28-20-14-8-12-17-9-6-7-13-19(17)20)23(27)26(2)15-21-24-22(25-29-21)18-10-4-3-5-11-18/h3-14,16H,15H2,1-2H3. The molecular formula is C23H21N3O3. The van der Waals surface area contributed by atoms with E-state index in [4.69, 9.17) is 9.26 Å². The van der Waals surface area contributed by atoms with E-state index in [9.17, 15) is 4.79 Å². The van der Waals surface area contributed by atoms with Crippen LogP contribution in [0.2, 0.25) is 0 Å². The molecule has 3 aromatic carbocycles. The minimum absolute atomic E-state index is 0.169. The molecule has 6 heteroatoms. The smallest absolute Gasteiger partial charge is 0.263 e. The molecule has 146 valence electrons. The van der Waals surface area contributed by atoms with Crippen molar-refractivity contribution in [2.75, 3.05) is 7.05 Å². The van der Waals surface area contributed by atoms with Crippen LogP contribution in [0.1, 0.15) is 12.8 Å². The molecule has 1 heterocycles. The molecule has 29 heavy (non-hydrogen) atoms. The van der Waals surface area contributed by atoms with Crippen molar-refractivity contribution in [3.8, 4) is 17.1 Å². The van der Waals surface area contributed by atoms with E-state index in [-0.39, 0.29) is 12.5 Å². The van der Waals surface area contributed by atoms with Crippen molar-refractivity contribution in [2.45, 2.75) is 19.6 Å². The molecule has 6 nitrogen and oxygen atoms in total. The molecule has 4 rings (SSSR count). The number of hydrogen-bond acceptors (Lipinski definition) is 5. The molecule has 0 saturated heterocycles. The van der Waals surface area contributed by atoms with Gasteiger partial charge in [-0.05, 0) is 18.4 Å². The summed E-state index contributed by atoms with van der Waals surface area (Å²) in [6, 6.07) is 23.3. The van der Waals surface area contributed by atoms with Gasteiger partial charge in [-0.15, -0.1) is 0 Å². The quantitative estimate of drug-likeness (QED) is 0.493. The highest BCUT2D eigenvalue weighted by Crippen LogP contribution is 2.26. The summed E-state index contributed by atoms with van der Waals surface area (Å²) in [6.07, 6.45) is -0.651. The normalized spacial score (nSPS) is 11.9. The van der Waals surface area contributed by atoms with Gasteiger partial charge < -0.3 is 14.2 Å². The van der Waals surface area contributed by atoms with Crippen LogP contribution in [0.5, 0.6) is 5.75 Å². The third kappa shape index (κ3) is 4.11. The highest BCUT2D eigenvalue weighted by molar-refractivity contribution is 5.89. The van der Waals surface area contributed by atoms with E-state index < -0.39 is 6.10 Å². The predicted octanol–water partition coefficient (Wildman–Crippen LogP) is 4.32. The number of amides is 1. The predicted molar refractivity (Wildman–Crippen MR) is 110 cm³/mol. The lowest BCUT2D eigenvalue weighted by molar-refractivity contribution is -0.137. The monoisotopic (exact) mass is 387 g/mol. The fourth-order valence-electron chi connectivity index (χ4n) is 3.15. The summed E-state index contributed by atoms with van der Waals surface area (Å²) in [5.74, 6) is 1.39. The summed E-state index contributed by atoms with van der Waals surface area (Å²) in [5.41, 5.74) is 0.865. The maximum Gasteiger partial charge on any atom is 0.263 e. The Balaban J connectivity index is 1.43. The van der Waals surface area contributed by atoms with Gasteiger partial charge in [-0.1, -0.05) is 71.9 Å². The van der Waals surface area contributed by atoms with Crippen molar-refractivity contribution in [2.24, 2.45) is 0 Å². The minimum Gasteiger partial charge on any atom is -0.480 e. The zero-order valence-corrected chi connectivity index (χ0v) is 16.3. The second kappa shape index (κ2) is 8.14. The van der Waals surface area contributed by atoms with E-state index in [0.29, 0.717) is 17.5 Å². The van der Waals surface area contributed by atoms with Crippen molar-refractivity contribution in [1.82, 2.24) is 15.0 Å². The zero-order valence-electron chi connectivity index (χ0n) is 16.3. The Labute approximate surface area is 168 Å². The van der Waals surface area contributed by atoms with E-state index in [1.165, 1.54) is 4.90 Å². The first-order valence-corrected chi connectivity index (χ1v) is 9.39. The highest BCUT2D eigenvalue weighted by atomic mass is 16.5. The molecule has 1 atom stereocenters. The van der Waals surface area contributed by atoms with Crippen molar-refractivity contribution < 1.29 is 14.1 Å². The number of rotatable bonds is 6. The van der Waals surface area contributed by atoms with Crippen LogP contribution in [0, 0.1) is 0 Å². The van der Waals surface area contributed by atoms with Crippen LogP contribution >= 0.6 is 0 Å². The molecule has 0 aliphatic rings. The lowest BCUT2D eigenvalue weighted by Crippen LogP contribution is -2.37. The molecule has 0 aliphatic carbocycles. The molecule has 0 radical (unpaired) electrons. The first-order valence-electron chi connectivity index (χ1n) is 9.39. The van der Waals surface area contributed by atoms with Gasteiger partial charge in [0.05, 0.1) is 6.54 Å². The molecule has 4 aromatic rings. The molecule has 0 N–H and O–H groups in total. The maximum atomic E-state index is 12.8. The Bertz CT molecular complexity index is 1120. The minimum atomic E-state index is -0.651. The molecule has 0 bridgehead atoms. The summed E-state index contributed by atoms with van der Waals surface area (Å²) in [4.78, 5) is 18.7. The van der Waals surface area contributed by atoms with Gasteiger partial charge in [0.2, 0.25) is 11.7 Å².